The highest BCUT2D eigenvalue weighted by atomic mass is 127. The fourth-order valence-electron chi connectivity index (χ4n) is 2.38. The van der Waals surface area contributed by atoms with E-state index in [-0.39, 0.29) is 36.5 Å². The van der Waals surface area contributed by atoms with Crippen LogP contribution in [0.2, 0.25) is 0 Å². The minimum absolute atomic E-state index is 0. The number of halogens is 1. The van der Waals surface area contributed by atoms with Gasteiger partial charge in [-0.25, -0.2) is 4.98 Å². The molecule has 29 heavy (non-hydrogen) atoms. The van der Waals surface area contributed by atoms with Crippen LogP contribution in [0.1, 0.15) is 43.0 Å². The second-order valence-electron chi connectivity index (χ2n) is 6.49. The fourth-order valence-corrected chi connectivity index (χ4v) is 3.27. The van der Waals surface area contributed by atoms with Crippen LogP contribution >= 0.6 is 35.3 Å². The molecule has 0 saturated carbocycles. The van der Waals surface area contributed by atoms with Crippen LogP contribution in [0.15, 0.2) is 34.6 Å². The summed E-state index contributed by atoms with van der Waals surface area (Å²) in [6.07, 6.45) is 0. The summed E-state index contributed by atoms with van der Waals surface area (Å²) in [7, 11) is 1.74. The molecule has 0 saturated heterocycles. The van der Waals surface area contributed by atoms with E-state index >= 15 is 0 Å². The molecule has 1 aromatic carbocycles. The first-order chi connectivity index (χ1) is 13.5. The van der Waals surface area contributed by atoms with Crippen molar-refractivity contribution >= 4 is 47.2 Å². The minimum Gasteiger partial charge on any atom is -0.484 e. The molecule has 7 nitrogen and oxygen atoms in total. The first-order valence-electron chi connectivity index (χ1n) is 9.39. The monoisotopic (exact) mass is 531 g/mol. The number of hydrogen-bond acceptors (Lipinski definition) is 5. The second-order valence-corrected chi connectivity index (χ2v) is 7.43. The van der Waals surface area contributed by atoms with E-state index in [0.29, 0.717) is 37.3 Å². The summed E-state index contributed by atoms with van der Waals surface area (Å²) < 4.78 is 5.53. The number of aromatic nitrogens is 1. The van der Waals surface area contributed by atoms with Gasteiger partial charge in [-0.2, -0.15) is 0 Å². The number of amides is 1. The molecule has 0 bridgehead atoms. The van der Waals surface area contributed by atoms with Crippen molar-refractivity contribution in [1.82, 2.24) is 20.9 Å². The summed E-state index contributed by atoms with van der Waals surface area (Å²) in [5.41, 5.74) is 2.15. The van der Waals surface area contributed by atoms with Gasteiger partial charge < -0.3 is 20.7 Å². The average molecular weight is 531 g/mol. The number of ether oxygens (including phenoxy) is 1. The van der Waals surface area contributed by atoms with Gasteiger partial charge in [0.15, 0.2) is 12.6 Å². The number of nitrogens with one attached hydrogen (secondary N) is 3. The van der Waals surface area contributed by atoms with Gasteiger partial charge in [-0.05, 0) is 30.5 Å². The number of rotatable bonds is 9. The Balaban J connectivity index is 0.00000420. The van der Waals surface area contributed by atoms with E-state index in [4.69, 9.17) is 4.74 Å². The van der Waals surface area contributed by atoms with E-state index in [2.05, 4.69) is 45.2 Å². The van der Waals surface area contributed by atoms with E-state index in [1.807, 2.05) is 31.2 Å². The topological polar surface area (TPSA) is 87.6 Å². The van der Waals surface area contributed by atoms with Gasteiger partial charge in [0.25, 0.3) is 5.91 Å². The number of thiazole rings is 1. The van der Waals surface area contributed by atoms with Crippen molar-refractivity contribution in [2.75, 3.05) is 20.2 Å². The number of hydrogen-bond donors (Lipinski definition) is 3. The SMILES string of the molecule is CCNC(=O)COc1cccc(CNC(=NC)NCc2nc(C(C)C)cs2)c1.I. The van der Waals surface area contributed by atoms with Gasteiger partial charge in [0, 0.05) is 25.5 Å². The van der Waals surface area contributed by atoms with Crippen LogP contribution in [0.5, 0.6) is 5.75 Å². The Morgan fingerprint density at radius 1 is 1.24 bits per heavy atom. The van der Waals surface area contributed by atoms with Gasteiger partial charge in [0.1, 0.15) is 10.8 Å². The zero-order chi connectivity index (χ0) is 20.4. The maximum Gasteiger partial charge on any atom is 0.257 e. The van der Waals surface area contributed by atoms with E-state index < -0.39 is 0 Å². The lowest BCUT2D eigenvalue weighted by atomic mass is 10.2. The van der Waals surface area contributed by atoms with Crippen molar-refractivity contribution in [2.24, 2.45) is 4.99 Å². The lowest BCUT2D eigenvalue weighted by Gasteiger charge is -2.12. The lowest BCUT2D eigenvalue weighted by Crippen LogP contribution is -2.36. The smallest absolute Gasteiger partial charge is 0.257 e. The number of likely N-dealkylation sites (N-methyl/N-ethyl adjacent to an activating group) is 1. The molecular formula is C20H30IN5O2S. The quantitative estimate of drug-likeness (QED) is 0.263. The van der Waals surface area contributed by atoms with Crippen molar-refractivity contribution in [3.05, 3.63) is 45.9 Å². The molecular weight excluding hydrogens is 501 g/mol. The Morgan fingerprint density at radius 2 is 2.00 bits per heavy atom. The molecule has 1 amide bonds. The molecule has 0 fully saturated rings. The molecule has 160 valence electrons. The third kappa shape index (κ3) is 8.99. The standard InChI is InChI=1S/C20H29N5O2S.HI/c1-5-22-18(26)12-27-16-8-6-7-15(9-16)10-23-20(21-4)24-11-19-25-17(13-28-19)14(2)3;/h6-9,13-14H,5,10-12H2,1-4H3,(H,22,26)(H2,21,23,24);1H. The fraction of sp³-hybridized carbons (Fsp3) is 0.450. The summed E-state index contributed by atoms with van der Waals surface area (Å²) in [6.45, 7) is 7.99. The molecule has 1 aromatic heterocycles. The molecule has 9 heteroatoms. The predicted molar refractivity (Wildman–Crippen MR) is 129 cm³/mol. The third-order valence-corrected chi connectivity index (χ3v) is 4.76. The summed E-state index contributed by atoms with van der Waals surface area (Å²) in [5.74, 6) is 1.68. The van der Waals surface area contributed by atoms with Crippen LogP contribution < -0.4 is 20.7 Å². The number of guanidine groups is 1. The molecule has 3 N–H and O–H groups in total. The molecule has 0 atom stereocenters. The molecule has 0 aliphatic heterocycles. The Bertz CT molecular complexity index is 795. The van der Waals surface area contributed by atoms with Crippen LogP contribution in [0.3, 0.4) is 0 Å². The molecule has 0 radical (unpaired) electrons. The molecule has 2 aromatic rings. The zero-order valence-electron chi connectivity index (χ0n) is 17.3. The van der Waals surface area contributed by atoms with Crippen molar-refractivity contribution < 1.29 is 9.53 Å². The highest BCUT2D eigenvalue weighted by Gasteiger charge is 2.07. The highest BCUT2D eigenvalue weighted by Crippen LogP contribution is 2.17. The molecule has 0 aliphatic carbocycles. The van der Waals surface area contributed by atoms with Crippen LogP contribution in [0.25, 0.3) is 0 Å². The van der Waals surface area contributed by atoms with Gasteiger partial charge >= 0.3 is 0 Å². The molecule has 0 unspecified atom stereocenters. The van der Waals surface area contributed by atoms with Crippen molar-refractivity contribution in [2.45, 2.75) is 39.8 Å². The van der Waals surface area contributed by atoms with E-state index in [9.17, 15) is 4.79 Å². The average Bonchev–Trinajstić information content (AvgIpc) is 3.16. The molecule has 0 spiro atoms. The molecule has 2 rings (SSSR count). The van der Waals surface area contributed by atoms with Gasteiger partial charge in [0.2, 0.25) is 0 Å². The third-order valence-electron chi connectivity index (χ3n) is 3.89. The number of carbonyl (C=O) groups is 1. The van der Waals surface area contributed by atoms with Crippen LogP contribution in [-0.4, -0.2) is 37.1 Å². The Labute approximate surface area is 193 Å². The van der Waals surface area contributed by atoms with Crippen molar-refractivity contribution in [3.63, 3.8) is 0 Å². The minimum atomic E-state index is -0.126. The molecule has 0 aliphatic rings. The van der Waals surface area contributed by atoms with Gasteiger partial charge in [-0.1, -0.05) is 26.0 Å². The van der Waals surface area contributed by atoms with E-state index in [0.717, 1.165) is 16.3 Å². The molecule has 1 heterocycles. The van der Waals surface area contributed by atoms with Gasteiger partial charge in [0.05, 0.1) is 12.2 Å². The summed E-state index contributed by atoms with van der Waals surface area (Å²) in [6, 6.07) is 7.65. The first kappa shape index (κ1) is 25.2. The van der Waals surface area contributed by atoms with Crippen LogP contribution in [-0.2, 0) is 17.9 Å². The maximum atomic E-state index is 11.5. The van der Waals surface area contributed by atoms with Crippen LogP contribution in [0.4, 0.5) is 0 Å². The predicted octanol–water partition coefficient (Wildman–Crippen LogP) is 3.26. The number of benzene rings is 1. The number of carbonyl (C=O) groups excluding carboxylic acids is 1. The lowest BCUT2D eigenvalue weighted by molar-refractivity contribution is -0.122. The largest absolute Gasteiger partial charge is 0.484 e. The highest BCUT2D eigenvalue weighted by molar-refractivity contribution is 14.0. The van der Waals surface area contributed by atoms with Gasteiger partial charge in [-0.3, -0.25) is 9.79 Å². The first-order valence-corrected chi connectivity index (χ1v) is 10.3. The zero-order valence-corrected chi connectivity index (χ0v) is 20.5. The van der Waals surface area contributed by atoms with Crippen LogP contribution in [0, 0.1) is 0 Å². The Hall–Kier alpha value is -1.88. The summed E-state index contributed by atoms with van der Waals surface area (Å²) in [4.78, 5) is 20.4. The summed E-state index contributed by atoms with van der Waals surface area (Å²) in [5, 5.41) is 12.4. The second kappa shape index (κ2) is 13.4. The number of nitrogens with zero attached hydrogens (tertiary/aromatic N) is 2. The normalized spacial score (nSPS) is 11.0. The van der Waals surface area contributed by atoms with Crippen molar-refractivity contribution in [1.29, 1.82) is 0 Å². The van der Waals surface area contributed by atoms with E-state index in [1.54, 1.807) is 18.4 Å². The Morgan fingerprint density at radius 3 is 2.66 bits per heavy atom. The summed E-state index contributed by atoms with van der Waals surface area (Å²) >= 11 is 1.65. The maximum absolute atomic E-state index is 11.5. The van der Waals surface area contributed by atoms with Crippen molar-refractivity contribution in [3.8, 4) is 5.75 Å². The Kier molecular flexibility index (Phi) is 11.6. The number of aliphatic imine (C=N–C) groups is 1. The van der Waals surface area contributed by atoms with E-state index in [1.165, 1.54) is 0 Å². The van der Waals surface area contributed by atoms with Gasteiger partial charge in [-0.15, -0.1) is 35.3 Å².